The van der Waals surface area contributed by atoms with Crippen molar-refractivity contribution in [1.82, 2.24) is 9.55 Å². The molecule has 0 fully saturated rings. The Morgan fingerprint density at radius 1 is 1.36 bits per heavy atom. The van der Waals surface area contributed by atoms with Gasteiger partial charge in [-0.1, -0.05) is 12.2 Å². The highest BCUT2D eigenvalue weighted by Gasteiger charge is 1.91. The Morgan fingerprint density at radius 3 is 2.82 bits per heavy atom. The highest BCUT2D eigenvalue weighted by molar-refractivity contribution is 5.47. The highest BCUT2D eigenvalue weighted by atomic mass is 15.0. The van der Waals surface area contributed by atoms with Crippen LogP contribution in [-0.4, -0.2) is 9.55 Å². The number of imidazole rings is 1. The van der Waals surface area contributed by atoms with Crippen molar-refractivity contribution in [3.63, 3.8) is 0 Å². The molecule has 0 N–H and O–H groups in total. The minimum atomic E-state index is 1.10. The molecule has 1 rings (SSSR count). The van der Waals surface area contributed by atoms with E-state index in [2.05, 4.69) is 4.98 Å². The maximum Gasteiger partial charge on any atom is 0.0991 e. The molecule has 0 saturated carbocycles. The topological polar surface area (TPSA) is 17.8 Å². The molecule has 0 aliphatic carbocycles. The number of aromatic nitrogens is 2. The minimum Gasteiger partial charge on any atom is -0.307 e. The molecule has 11 heavy (non-hydrogen) atoms. The average Bonchev–Trinajstić information content (AvgIpc) is 2.39. The number of nitrogens with zero attached hydrogens (tertiary/aromatic N) is 2. The predicted octanol–water partition coefficient (Wildman–Crippen LogP) is 2.41. The number of hydrogen-bond donors (Lipinski definition) is 0. The van der Waals surface area contributed by atoms with Gasteiger partial charge < -0.3 is 4.57 Å². The van der Waals surface area contributed by atoms with Crippen LogP contribution < -0.4 is 0 Å². The molecule has 0 aliphatic heterocycles. The first kappa shape index (κ1) is 7.79. The van der Waals surface area contributed by atoms with Crippen molar-refractivity contribution >= 4 is 12.3 Å². The Kier molecular flexibility index (Phi) is 2.66. The van der Waals surface area contributed by atoms with Gasteiger partial charge in [-0.3, -0.25) is 0 Å². The molecular formula is C9H12N2. The Morgan fingerprint density at radius 2 is 2.18 bits per heavy atom. The van der Waals surface area contributed by atoms with Crippen LogP contribution >= 0.6 is 0 Å². The SMILES string of the molecule is C/C=C\c1cncn1/C=C\C. The van der Waals surface area contributed by atoms with E-state index in [-0.39, 0.29) is 0 Å². The first-order chi connectivity index (χ1) is 5.38. The maximum atomic E-state index is 4.02. The van der Waals surface area contributed by atoms with Gasteiger partial charge in [0.05, 0.1) is 18.2 Å². The summed E-state index contributed by atoms with van der Waals surface area (Å²) in [6, 6.07) is 0. The van der Waals surface area contributed by atoms with Crippen LogP contribution in [0, 0.1) is 0 Å². The van der Waals surface area contributed by atoms with Crippen LogP contribution in [0.1, 0.15) is 19.5 Å². The summed E-state index contributed by atoms with van der Waals surface area (Å²) in [5.41, 5.74) is 1.10. The van der Waals surface area contributed by atoms with E-state index in [1.54, 1.807) is 6.33 Å². The zero-order valence-corrected chi connectivity index (χ0v) is 6.86. The molecular weight excluding hydrogens is 136 g/mol. The summed E-state index contributed by atoms with van der Waals surface area (Å²) >= 11 is 0. The van der Waals surface area contributed by atoms with Gasteiger partial charge >= 0.3 is 0 Å². The standard InChI is InChI=1S/C9H12N2/c1-3-5-9-7-10-8-11(9)6-4-2/h3-8H,1-2H3/b5-3-,6-4-. The van der Waals surface area contributed by atoms with Crippen LogP contribution in [0.2, 0.25) is 0 Å². The van der Waals surface area contributed by atoms with Gasteiger partial charge in [0.1, 0.15) is 0 Å². The molecule has 0 saturated heterocycles. The van der Waals surface area contributed by atoms with Crippen molar-refractivity contribution in [3.8, 4) is 0 Å². The number of rotatable bonds is 2. The second-order valence-corrected chi connectivity index (χ2v) is 2.21. The first-order valence-electron chi connectivity index (χ1n) is 3.66. The van der Waals surface area contributed by atoms with Crippen LogP contribution in [0.25, 0.3) is 12.3 Å². The third kappa shape index (κ3) is 1.80. The van der Waals surface area contributed by atoms with Gasteiger partial charge in [0.2, 0.25) is 0 Å². The lowest BCUT2D eigenvalue weighted by Gasteiger charge is -1.94. The Hall–Kier alpha value is -1.31. The molecule has 2 nitrogen and oxygen atoms in total. The zero-order valence-electron chi connectivity index (χ0n) is 6.86. The second-order valence-electron chi connectivity index (χ2n) is 2.21. The van der Waals surface area contributed by atoms with Gasteiger partial charge in [0, 0.05) is 6.20 Å². The summed E-state index contributed by atoms with van der Waals surface area (Å²) in [4.78, 5) is 4.02. The Labute approximate surface area is 66.9 Å². The fraction of sp³-hybridized carbons (Fsp3) is 0.222. The molecule has 0 atom stereocenters. The van der Waals surface area contributed by atoms with Gasteiger partial charge in [0.15, 0.2) is 0 Å². The largest absolute Gasteiger partial charge is 0.307 e. The number of hydrogen-bond acceptors (Lipinski definition) is 1. The zero-order chi connectivity index (χ0) is 8.10. The monoisotopic (exact) mass is 148 g/mol. The lowest BCUT2D eigenvalue weighted by molar-refractivity contribution is 1.12. The summed E-state index contributed by atoms with van der Waals surface area (Å²) in [6.07, 6.45) is 11.6. The fourth-order valence-corrected chi connectivity index (χ4v) is 0.900. The number of allylic oxidation sites excluding steroid dienone is 2. The van der Waals surface area contributed by atoms with E-state index in [0.29, 0.717) is 0 Å². The maximum absolute atomic E-state index is 4.02. The Balaban J connectivity index is 2.95. The molecule has 1 aromatic heterocycles. The molecule has 0 bridgehead atoms. The van der Waals surface area contributed by atoms with E-state index in [9.17, 15) is 0 Å². The lowest BCUT2D eigenvalue weighted by atomic mass is 10.4. The molecule has 1 heterocycles. The van der Waals surface area contributed by atoms with Crippen molar-refractivity contribution in [2.75, 3.05) is 0 Å². The van der Waals surface area contributed by atoms with Gasteiger partial charge in [-0.05, 0) is 19.9 Å². The predicted molar refractivity (Wildman–Crippen MR) is 47.9 cm³/mol. The minimum absolute atomic E-state index is 1.10. The molecule has 0 amide bonds. The van der Waals surface area contributed by atoms with Crippen LogP contribution in [0.3, 0.4) is 0 Å². The van der Waals surface area contributed by atoms with Crippen LogP contribution in [-0.2, 0) is 0 Å². The summed E-state index contributed by atoms with van der Waals surface area (Å²) in [5.74, 6) is 0. The van der Waals surface area contributed by atoms with E-state index in [4.69, 9.17) is 0 Å². The van der Waals surface area contributed by atoms with Gasteiger partial charge in [-0.2, -0.15) is 0 Å². The van der Waals surface area contributed by atoms with Crippen molar-refractivity contribution in [3.05, 3.63) is 30.4 Å². The van der Waals surface area contributed by atoms with E-state index < -0.39 is 0 Å². The van der Waals surface area contributed by atoms with Gasteiger partial charge in [-0.15, -0.1) is 0 Å². The third-order valence-electron chi connectivity index (χ3n) is 1.34. The van der Waals surface area contributed by atoms with E-state index in [0.717, 1.165) is 5.69 Å². The van der Waals surface area contributed by atoms with Crippen molar-refractivity contribution < 1.29 is 0 Å². The van der Waals surface area contributed by atoms with Crippen LogP contribution in [0.5, 0.6) is 0 Å². The van der Waals surface area contributed by atoms with Gasteiger partial charge in [-0.25, -0.2) is 4.98 Å². The molecule has 0 aromatic carbocycles. The average molecular weight is 148 g/mol. The smallest absolute Gasteiger partial charge is 0.0991 e. The third-order valence-corrected chi connectivity index (χ3v) is 1.34. The molecule has 0 aliphatic rings. The summed E-state index contributed by atoms with van der Waals surface area (Å²) in [5, 5.41) is 0. The van der Waals surface area contributed by atoms with Crippen LogP contribution in [0.15, 0.2) is 24.7 Å². The normalized spacial score (nSPS) is 11.8. The first-order valence-corrected chi connectivity index (χ1v) is 3.66. The molecule has 58 valence electrons. The molecule has 1 aromatic rings. The van der Waals surface area contributed by atoms with Crippen molar-refractivity contribution in [2.24, 2.45) is 0 Å². The van der Waals surface area contributed by atoms with Crippen molar-refractivity contribution in [1.29, 1.82) is 0 Å². The molecule has 0 unspecified atom stereocenters. The van der Waals surface area contributed by atoms with E-state index in [1.807, 2.05) is 49.0 Å². The summed E-state index contributed by atoms with van der Waals surface area (Å²) in [6.45, 7) is 3.98. The van der Waals surface area contributed by atoms with Crippen molar-refractivity contribution in [2.45, 2.75) is 13.8 Å². The molecule has 2 heteroatoms. The molecule has 0 spiro atoms. The lowest BCUT2D eigenvalue weighted by Crippen LogP contribution is -1.84. The van der Waals surface area contributed by atoms with Gasteiger partial charge in [0.25, 0.3) is 0 Å². The van der Waals surface area contributed by atoms with E-state index >= 15 is 0 Å². The fourth-order valence-electron chi connectivity index (χ4n) is 0.900. The second kappa shape index (κ2) is 3.76. The summed E-state index contributed by atoms with van der Waals surface area (Å²) < 4.78 is 1.97. The molecule has 0 radical (unpaired) electrons. The Bertz CT molecular complexity index is 242. The highest BCUT2D eigenvalue weighted by Crippen LogP contribution is 2.01. The van der Waals surface area contributed by atoms with Crippen LogP contribution in [0.4, 0.5) is 0 Å². The summed E-state index contributed by atoms with van der Waals surface area (Å²) in [7, 11) is 0. The quantitative estimate of drug-likeness (QED) is 0.629. The van der Waals surface area contributed by atoms with E-state index in [1.165, 1.54) is 0 Å².